The topological polar surface area (TPSA) is 374 Å². The number of likely N-dealkylation sites (tertiary alicyclic amines) is 1. The SMILES string of the molecule is Cc1cccc2c(OC(=O)N(CCOCCO)CCN(C)C(=O)OCc3ccc(NC(=O)[C@H](CCCNC(N)=O)NC(=O)[C@@H](NC(=O)OCCOCCN4C(=O)CC(C(C)(C)C)C4=O)C(C)C)cc3)cc3c(c12)[C@H](CCl)CN3C(=O)c1cn2cc(NC(=O)c3ccc(O)cc3)ccc2n1. The molecule has 6 aromatic rings. The number of carbonyl (C=O) groups excluding carboxylic acids is 10. The van der Waals surface area contributed by atoms with Gasteiger partial charge < -0.3 is 85.3 Å². The molecule has 2 aliphatic rings. The number of pyridine rings is 1. The predicted octanol–water partition coefficient (Wildman–Crippen LogP) is 6.88. The zero-order valence-corrected chi connectivity index (χ0v) is 57.1. The highest BCUT2D eigenvalue weighted by molar-refractivity contribution is 6.19. The summed E-state index contributed by atoms with van der Waals surface area (Å²) in [6, 6.07) is 19.5. The maximum atomic E-state index is 14.6. The molecule has 99 heavy (non-hydrogen) atoms. The Balaban J connectivity index is 0.855. The Morgan fingerprint density at radius 3 is 2.23 bits per heavy atom. The van der Waals surface area contributed by atoms with Gasteiger partial charge >= 0.3 is 24.3 Å². The fourth-order valence-corrected chi connectivity index (χ4v) is 11.6. The Hall–Kier alpha value is -10.1. The quantitative estimate of drug-likeness (QED) is 0.0125. The summed E-state index contributed by atoms with van der Waals surface area (Å²) in [6.45, 7) is 10.5. The zero-order chi connectivity index (χ0) is 71.7. The molecule has 4 heterocycles. The third-order valence-electron chi connectivity index (χ3n) is 16.8. The van der Waals surface area contributed by atoms with E-state index in [1.807, 2.05) is 45.9 Å². The molecule has 11 amide bonds. The van der Waals surface area contributed by atoms with Crippen LogP contribution in [-0.2, 0) is 44.7 Å². The monoisotopic (exact) mass is 1390 g/mol. The molecule has 9 N–H and O–H groups in total. The molecule has 1 fully saturated rings. The molecule has 30 heteroatoms. The Morgan fingerprint density at radius 2 is 1.55 bits per heavy atom. The Kier molecular flexibility index (Phi) is 26.0. The van der Waals surface area contributed by atoms with E-state index in [0.29, 0.717) is 39.2 Å². The summed E-state index contributed by atoms with van der Waals surface area (Å²) in [4.78, 5) is 143. The molecule has 0 spiro atoms. The molecule has 4 atom stereocenters. The van der Waals surface area contributed by atoms with Gasteiger partial charge in [0, 0.05) is 93.1 Å². The minimum atomic E-state index is -1.16. The van der Waals surface area contributed by atoms with Crippen molar-refractivity contribution in [2.45, 2.75) is 85.4 Å². The second-order valence-corrected chi connectivity index (χ2v) is 25.7. The number of rotatable bonds is 31. The van der Waals surface area contributed by atoms with Gasteiger partial charge in [0.15, 0.2) is 0 Å². The van der Waals surface area contributed by atoms with E-state index >= 15 is 0 Å². The van der Waals surface area contributed by atoms with Gasteiger partial charge in [0.2, 0.25) is 23.6 Å². The Labute approximate surface area is 576 Å². The van der Waals surface area contributed by atoms with Crippen molar-refractivity contribution in [3.05, 3.63) is 125 Å². The number of fused-ring (bicyclic) bond motifs is 4. The van der Waals surface area contributed by atoms with Crippen molar-refractivity contribution in [2.75, 3.05) is 107 Å². The number of aliphatic hydroxyl groups excluding tert-OH is 1. The first-order valence-corrected chi connectivity index (χ1v) is 32.9. The number of phenols is 1. The van der Waals surface area contributed by atoms with Crippen LogP contribution in [0.25, 0.3) is 16.4 Å². The third-order valence-corrected chi connectivity index (χ3v) is 17.1. The molecular formula is C69H85ClN12O17. The number of nitrogens with two attached hydrogens (primary N) is 1. The van der Waals surface area contributed by atoms with Crippen LogP contribution >= 0.6 is 11.6 Å². The number of benzene rings is 4. The molecule has 0 aliphatic carbocycles. The number of alkyl carbamates (subject to hydrolysis) is 1. The Bertz CT molecular complexity index is 3920. The number of amides is 11. The van der Waals surface area contributed by atoms with Crippen LogP contribution in [0, 0.1) is 24.2 Å². The average Bonchev–Trinajstić information content (AvgIpc) is 1.63. The molecule has 0 bridgehead atoms. The summed E-state index contributed by atoms with van der Waals surface area (Å²) >= 11 is 6.65. The number of primary amides is 1. The number of likely N-dealkylation sites (N-methyl/N-ethyl adjacent to an activating group) is 1. The maximum Gasteiger partial charge on any atom is 0.415 e. The molecule has 1 saturated heterocycles. The fourth-order valence-electron chi connectivity index (χ4n) is 11.3. The van der Waals surface area contributed by atoms with Gasteiger partial charge in [-0.2, -0.15) is 0 Å². The molecule has 29 nitrogen and oxygen atoms in total. The van der Waals surface area contributed by atoms with Crippen molar-refractivity contribution in [2.24, 2.45) is 23.0 Å². The van der Waals surface area contributed by atoms with Crippen molar-refractivity contribution in [3.8, 4) is 11.5 Å². The van der Waals surface area contributed by atoms with E-state index in [-0.39, 0.29) is 151 Å². The molecule has 2 aliphatic heterocycles. The highest BCUT2D eigenvalue weighted by Crippen LogP contribution is 2.47. The van der Waals surface area contributed by atoms with E-state index in [1.165, 1.54) is 46.0 Å². The van der Waals surface area contributed by atoms with Gasteiger partial charge in [-0.1, -0.05) is 65.0 Å². The lowest BCUT2D eigenvalue weighted by molar-refractivity contribution is -0.141. The van der Waals surface area contributed by atoms with Crippen LogP contribution in [0.3, 0.4) is 0 Å². The number of hydrogen-bond acceptors (Lipinski definition) is 18. The first-order valence-electron chi connectivity index (χ1n) is 32.4. The summed E-state index contributed by atoms with van der Waals surface area (Å²) in [5, 5.41) is 33.7. The molecular weight excluding hydrogens is 1300 g/mol. The molecule has 2 aromatic heterocycles. The van der Waals surface area contributed by atoms with Crippen molar-refractivity contribution in [1.29, 1.82) is 0 Å². The van der Waals surface area contributed by atoms with Crippen molar-refractivity contribution in [1.82, 2.24) is 40.0 Å². The average molecular weight is 1390 g/mol. The van der Waals surface area contributed by atoms with Crippen LogP contribution in [0.5, 0.6) is 11.5 Å². The van der Waals surface area contributed by atoms with Gasteiger partial charge in [0.1, 0.15) is 48.1 Å². The van der Waals surface area contributed by atoms with Crippen LogP contribution in [0.1, 0.15) is 97.3 Å². The highest BCUT2D eigenvalue weighted by atomic mass is 35.5. The lowest BCUT2D eigenvalue weighted by atomic mass is 9.80. The number of phenolic OH excluding ortho intramolecular Hbond substituents is 1. The van der Waals surface area contributed by atoms with Gasteiger partial charge in [-0.25, -0.2) is 24.2 Å². The maximum absolute atomic E-state index is 14.6. The highest BCUT2D eigenvalue weighted by Gasteiger charge is 2.44. The van der Waals surface area contributed by atoms with Crippen LogP contribution in [0.2, 0.25) is 0 Å². The number of ether oxygens (including phenoxy) is 5. The molecule has 1 unspecified atom stereocenters. The minimum absolute atomic E-state index is 0.0000727. The van der Waals surface area contributed by atoms with Crippen LogP contribution < -0.4 is 42.0 Å². The summed E-state index contributed by atoms with van der Waals surface area (Å²) in [6.07, 6.45) is 1.10. The van der Waals surface area contributed by atoms with Gasteiger partial charge in [0.25, 0.3) is 11.8 Å². The van der Waals surface area contributed by atoms with Gasteiger partial charge in [-0.15, -0.1) is 11.6 Å². The summed E-state index contributed by atoms with van der Waals surface area (Å²) in [7, 11) is 1.49. The number of imidazole rings is 1. The molecule has 0 saturated carbocycles. The molecule has 8 rings (SSSR count). The lowest BCUT2D eigenvalue weighted by Gasteiger charge is -2.26. The number of nitrogens with one attached hydrogen (secondary N) is 5. The number of aromatic hydroxyl groups is 1. The van der Waals surface area contributed by atoms with Crippen LogP contribution in [0.15, 0.2) is 97.3 Å². The van der Waals surface area contributed by atoms with Crippen molar-refractivity contribution >= 4 is 105 Å². The second kappa shape index (κ2) is 34.4. The van der Waals surface area contributed by atoms with E-state index in [1.54, 1.807) is 78.0 Å². The summed E-state index contributed by atoms with van der Waals surface area (Å²) in [5.41, 5.74) is 9.09. The predicted molar refractivity (Wildman–Crippen MR) is 365 cm³/mol. The number of aromatic nitrogens is 2. The number of imide groups is 1. The minimum Gasteiger partial charge on any atom is -0.508 e. The first-order chi connectivity index (χ1) is 47.2. The van der Waals surface area contributed by atoms with E-state index < -0.39 is 71.9 Å². The number of hydrogen-bond donors (Lipinski definition) is 8. The zero-order valence-electron chi connectivity index (χ0n) is 56.3. The van der Waals surface area contributed by atoms with Crippen molar-refractivity contribution in [3.63, 3.8) is 0 Å². The van der Waals surface area contributed by atoms with Gasteiger partial charge in [-0.05, 0) is 102 Å². The molecule has 530 valence electrons. The van der Waals surface area contributed by atoms with Crippen molar-refractivity contribution < 1.29 is 81.8 Å². The van der Waals surface area contributed by atoms with Gasteiger partial charge in [0.05, 0.1) is 56.9 Å². The number of alkyl halides is 1. The summed E-state index contributed by atoms with van der Waals surface area (Å²) < 4.78 is 29.8. The summed E-state index contributed by atoms with van der Waals surface area (Å²) in [5.74, 6) is -3.60. The Morgan fingerprint density at radius 1 is 0.818 bits per heavy atom. The third kappa shape index (κ3) is 19.8. The number of urea groups is 1. The first kappa shape index (κ1) is 74.7. The second-order valence-electron chi connectivity index (χ2n) is 25.4. The van der Waals surface area contributed by atoms with E-state index in [0.717, 1.165) is 16.5 Å². The largest absolute Gasteiger partial charge is 0.508 e. The van der Waals surface area contributed by atoms with Crippen LogP contribution in [-0.4, -0.2) is 198 Å². The number of anilines is 3. The van der Waals surface area contributed by atoms with Crippen LogP contribution in [0.4, 0.5) is 36.2 Å². The molecule has 4 aromatic carbocycles. The fraction of sp³-hybridized carbons (Fsp3) is 0.435. The van der Waals surface area contributed by atoms with E-state index in [4.69, 9.17) is 41.0 Å². The number of halogens is 1. The lowest BCUT2D eigenvalue weighted by Crippen LogP contribution is -2.54. The number of aliphatic hydroxyl groups is 1. The standard InChI is InChI=1S/C69H85ClN12O17/c1-41(2)59(77-66(92)97-33-32-96-30-27-81-56(85)34-50(63(81)89)69(4,5)6)62(88)76-51(12-9-23-72-65(71)91)61(87)73-46-17-13-43(14-18-46)40-98-67(93)78(7)24-25-79(26-29-95-31-28-83)68(94)99-54-35-53-58(57-42(3)10-8-11-49(54)57)45(36-70)37-82(53)64(90)52-39-80-38-47(19-22-55(80)75-52)74-60(86)44-15-20-48(84)21-16-44/h8,10-11,13-22,35,38-39,41,45,50-51,59,83-84H,9,12,23-34,36-37,40H2,1-7H3,(H,73,87)(H,74,86)(H,76,88)(H,77,92)(H3,71,72,91)/t45-,50?,51+,59+/m1/s1. The molecule has 0 radical (unpaired) electrons. The number of carbonyl (C=O) groups is 10. The normalized spacial score (nSPS) is 14.9. The van der Waals surface area contributed by atoms with Gasteiger partial charge in [-0.3, -0.25) is 33.7 Å². The van der Waals surface area contributed by atoms with E-state index in [9.17, 15) is 58.2 Å². The van der Waals surface area contributed by atoms with E-state index in [2.05, 4.69) is 31.6 Å². The number of nitrogens with zero attached hydrogens (tertiary/aromatic N) is 6. The number of aryl methyl sites for hydroxylation is 1. The smallest absolute Gasteiger partial charge is 0.415 e.